The normalized spacial score (nSPS) is 10.6. The number of hydrogen-bond acceptors (Lipinski definition) is 6. The summed E-state index contributed by atoms with van der Waals surface area (Å²) in [4.78, 5) is 0. The Balaban J connectivity index is 1.62. The van der Waals surface area contributed by atoms with E-state index >= 15 is 0 Å². The van der Waals surface area contributed by atoms with E-state index in [4.69, 9.17) is 9.47 Å². The zero-order chi connectivity index (χ0) is 15.4. The van der Waals surface area contributed by atoms with Crippen LogP contribution in [0, 0.1) is 0 Å². The summed E-state index contributed by atoms with van der Waals surface area (Å²) in [6, 6.07) is 9.68. The van der Waals surface area contributed by atoms with Gasteiger partial charge >= 0.3 is 0 Å². The molecule has 0 atom stereocenters. The second-order valence-corrected chi connectivity index (χ2v) is 4.72. The predicted molar refractivity (Wildman–Crippen MR) is 82.5 cm³/mol. The zero-order valence-electron chi connectivity index (χ0n) is 12.5. The number of fused-ring (bicyclic) bond motifs is 1. The molecule has 7 heteroatoms. The van der Waals surface area contributed by atoms with Crippen LogP contribution < -0.4 is 14.8 Å². The monoisotopic (exact) mass is 299 g/mol. The molecular formula is C15H17N5O2. The van der Waals surface area contributed by atoms with E-state index in [9.17, 15) is 0 Å². The van der Waals surface area contributed by atoms with Crippen LogP contribution >= 0.6 is 0 Å². The van der Waals surface area contributed by atoms with Crippen LogP contribution in [0.5, 0.6) is 11.5 Å². The summed E-state index contributed by atoms with van der Waals surface area (Å²) in [5, 5.41) is 15.4. The van der Waals surface area contributed by atoms with Gasteiger partial charge in [0.25, 0.3) is 0 Å². The maximum Gasteiger partial charge on any atom is 0.177 e. The van der Waals surface area contributed by atoms with Crippen LogP contribution in [-0.2, 0) is 6.42 Å². The zero-order valence-corrected chi connectivity index (χ0v) is 12.5. The molecule has 0 spiro atoms. The highest BCUT2D eigenvalue weighted by molar-refractivity contribution is 5.44. The Morgan fingerprint density at radius 2 is 1.95 bits per heavy atom. The molecule has 22 heavy (non-hydrogen) atoms. The van der Waals surface area contributed by atoms with E-state index in [0.29, 0.717) is 0 Å². The van der Waals surface area contributed by atoms with E-state index in [0.717, 1.165) is 41.5 Å². The molecule has 2 heterocycles. The SMILES string of the molecule is COc1ccc(CCNc2ccc3nncn3n2)cc1OC. The minimum Gasteiger partial charge on any atom is -0.493 e. The number of rotatable bonds is 6. The minimum absolute atomic E-state index is 0.727. The standard InChI is InChI=1S/C15H17N5O2/c1-21-12-4-3-11(9-13(12)22-2)7-8-16-14-5-6-15-18-17-10-20(15)19-14/h3-6,9-10H,7-8H2,1-2H3,(H,16,19). The molecule has 1 aromatic carbocycles. The van der Waals surface area contributed by atoms with E-state index in [1.807, 2.05) is 30.3 Å². The van der Waals surface area contributed by atoms with Crippen molar-refractivity contribution in [1.82, 2.24) is 19.8 Å². The number of benzene rings is 1. The van der Waals surface area contributed by atoms with Crippen molar-refractivity contribution in [2.45, 2.75) is 6.42 Å². The third kappa shape index (κ3) is 2.93. The lowest BCUT2D eigenvalue weighted by Crippen LogP contribution is -2.08. The molecule has 0 aliphatic heterocycles. The highest BCUT2D eigenvalue weighted by atomic mass is 16.5. The van der Waals surface area contributed by atoms with E-state index in [1.54, 1.807) is 25.1 Å². The number of nitrogens with one attached hydrogen (secondary N) is 1. The second kappa shape index (κ2) is 6.30. The largest absolute Gasteiger partial charge is 0.493 e. The molecule has 0 radical (unpaired) electrons. The number of anilines is 1. The Labute approximate surface area is 127 Å². The van der Waals surface area contributed by atoms with Crippen molar-refractivity contribution in [3.05, 3.63) is 42.2 Å². The number of hydrogen-bond donors (Lipinski definition) is 1. The van der Waals surface area contributed by atoms with Gasteiger partial charge in [-0.1, -0.05) is 6.07 Å². The summed E-state index contributed by atoms with van der Waals surface area (Å²) in [6.07, 6.45) is 2.43. The number of methoxy groups -OCH3 is 2. The molecule has 7 nitrogen and oxygen atoms in total. The van der Waals surface area contributed by atoms with Gasteiger partial charge in [-0.15, -0.1) is 15.3 Å². The first-order valence-electron chi connectivity index (χ1n) is 6.92. The van der Waals surface area contributed by atoms with E-state index in [-0.39, 0.29) is 0 Å². The lowest BCUT2D eigenvalue weighted by Gasteiger charge is -2.10. The van der Waals surface area contributed by atoms with Crippen molar-refractivity contribution in [3.8, 4) is 11.5 Å². The van der Waals surface area contributed by atoms with Crippen molar-refractivity contribution in [2.75, 3.05) is 26.1 Å². The Hall–Kier alpha value is -2.83. The van der Waals surface area contributed by atoms with Crippen molar-refractivity contribution in [3.63, 3.8) is 0 Å². The summed E-state index contributed by atoms with van der Waals surface area (Å²) in [6.45, 7) is 0.760. The van der Waals surface area contributed by atoms with Gasteiger partial charge in [0, 0.05) is 6.54 Å². The number of ether oxygens (including phenoxy) is 2. The van der Waals surface area contributed by atoms with Crippen LogP contribution in [0.3, 0.4) is 0 Å². The van der Waals surface area contributed by atoms with Crippen LogP contribution in [0.2, 0.25) is 0 Å². The third-order valence-electron chi connectivity index (χ3n) is 3.33. The van der Waals surface area contributed by atoms with Gasteiger partial charge in [0.15, 0.2) is 17.1 Å². The van der Waals surface area contributed by atoms with Gasteiger partial charge in [-0.3, -0.25) is 0 Å². The minimum atomic E-state index is 0.727. The van der Waals surface area contributed by atoms with Crippen LogP contribution in [-0.4, -0.2) is 40.6 Å². The molecule has 2 aromatic heterocycles. The van der Waals surface area contributed by atoms with Crippen LogP contribution in [0.1, 0.15) is 5.56 Å². The van der Waals surface area contributed by atoms with Gasteiger partial charge in [-0.25, -0.2) is 0 Å². The highest BCUT2D eigenvalue weighted by Gasteiger charge is 2.05. The molecule has 0 fully saturated rings. The molecule has 0 saturated carbocycles. The van der Waals surface area contributed by atoms with Gasteiger partial charge < -0.3 is 14.8 Å². The van der Waals surface area contributed by atoms with Gasteiger partial charge in [0.1, 0.15) is 12.1 Å². The molecule has 3 rings (SSSR count). The maximum atomic E-state index is 5.31. The van der Waals surface area contributed by atoms with Crippen molar-refractivity contribution < 1.29 is 9.47 Å². The van der Waals surface area contributed by atoms with Crippen LogP contribution in [0.4, 0.5) is 5.82 Å². The first-order chi connectivity index (χ1) is 10.8. The van der Waals surface area contributed by atoms with Gasteiger partial charge in [-0.2, -0.15) is 4.52 Å². The van der Waals surface area contributed by atoms with E-state index in [1.165, 1.54) is 0 Å². The third-order valence-corrected chi connectivity index (χ3v) is 3.33. The fourth-order valence-electron chi connectivity index (χ4n) is 2.19. The van der Waals surface area contributed by atoms with Gasteiger partial charge in [-0.05, 0) is 36.2 Å². The van der Waals surface area contributed by atoms with E-state index in [2.05, 4.69) is 20.6 Å². The fourth-order valence-corrected chi connectivity index (χ4v) is 2.19. The van der Waals surface area contributed by atoms with Crippen LogP contribution in [0.15, 0.2) is 36.7 Å². The predicted octanol–water partition coefficient (Wildman–Crippen LogP) is 1.80. The molecule has 0 saturated heterocycles. The smallest absolute Gasteiger partial charge is 0.177 e. The Morgan fingerprint density at radius 3 is 2.77 bits per heavy atom. The van der Waals surface area contributed by atoms with Crippen molar-refractivity contribution in [1.29, 1.82) is 0 Å². The van der Waals surface area contributed by atoms with E-state index < -0.39 is 0 Å². The van der Waals surface area contributed by atoms with Gasteiger partial charge in [0.05, 0.1) is 14.2 Å². The summed E-state index contributed by atoms with van der Waals surface area (Å²) < 4.78 is 12.2. The summed E-state index contributed by atoms with van der Waals surface area (Å²) in [7, 11) is 3.27. The lowest BCUT2D eigenvalue weighted by atomic mass is 10.1. The molecule has 0 aliphatic rings. The molecule has 114 valence electrons. The molecule has 1 N–H and O–H groups in total. The molecular weight excluding hydrogens is 282 g/mol. The van der Waals surface area contributed by atoms with Gasteiger partial charge in [0.2, 0.25) is 0 Å². The molecule has 0 amide bonds. The second-order valence-electron chi connectivity index (χ2n) is 4.72. The van der Waals surface area contributed by atoms with Crippen LogP contribution in [0.25, 0.3) is 5.65 Å². The summed E-state index contributed by atoms with van der Waals surface area (Å²) >= 11 is 0. The lowest BCUT2D eigenvalue weighted by molar-refractivity contribution is 0.354. The molecule has 3 aromatic rings. The molecule has 0 bridgehead atoms. The number of aromatic nitrogens is 4. The quantitative estimate of drug-likeness (QED) is 0.748. The van der Waals surface area contributed by atoms with Crippen molar-refractivity contribution >= 4 is 11.5 Å². The van der Waals surface area contributed by atoms with Crippen molar-refractivity contribution in [2.24, 2.45) is 0 Å². The Morgan fingerprint density at radius 1 is 1.09 bits per heavy atom. The topological polar surface area (TPSA) is 73.6 Å². The Kier molecular flexibility index (Phi) is 4.04. The fraction of sp³-hybridized carbons (Fsp3) is 0.267. The Bertz CT molecular complexity index is 771. The first kappa shape index (κ1) is 14.1. The first-order valence-corrected chi connectivity index (χ1v) is 6.92. The molecule has 0 unspecified atom stereocenters. The number of nitrogens with zero attached hydrogens (tertiary/aromatic N) is 4. The summed E-state index contributed by atoms with van der Waals surface area (Å²) in [5.41, 5.74) is 1.89. The molecule has 0 aliphatic carbocycles. The maximum absolute atomic E-state index is 5.31. The highest BCUT2D eigenvalue weighted by Crippen LogP contribution is 2.27. The summed E-state index contributed by atoms with van der Waals surface area (Å²) in [5.74, 6) is 2.26. The average molecular weight is 299 g/mol. The average Bonchev–Trinajstić information content (AvgIpc) is 3.02.